The summed E-state index contributed by atoms with van der Waals surface area (Å²) in [5.74, 6) is 2.12. The van der Waals surface area contributed by atoms with Crippen molar-refractivity contribution >= 4 is 5.69 Å². The number of nitrogens with zero attached hydrogens (tertiary/aromatic N) is 2. The number of aromatic nitrogens is 2. The Bertz CT molecular complexity index is 488. The van der Waals surface area contributed by atoms with Gasteiger partial charge in [0.1, 0.15) is 0 Å². The zero-order valence-electron chi connectivity index (χ0n) is 10.9. The highest BCUT2D eigenvalue weighted by Crippen LogP contribution is 2.12. The first kappa shape index (κ1) is 12.6. The predicted molar refractivity (Wildman–Crippen MR) is 71.1 cm³/mol. The smallest absolute Gasteiger partial charge is 0.231 e. The lowest BCUT2D eigenvalue weighted by Crippen LogP contribution is -1.95. The van der Waals surface area contributed by atoms with Crippen molar-refractivity contribution in [3.8, 4) is 0 Å². The normalized spacial score (nSPS) is 11.1. The predicted octanol–water partition coefficient (Wildman–Crippen LogP) is 2.83. The van der Waals surface area contributed by atoms with Crippen LogP contribution in [0.5, 0.6) is 0 Å². The maximum atomic E-state index is 5.64. The number of hydrogen-bond acceptors (Lipinski definition) is 4. The second kappa shape index (κ2) is 5.67. The number of rotatable bonds is 5. The molecule has 0 bridgehead atoms. The van der Waals surface area contributed by atoms with Gasteiger partial charge in [0.2, 0.25) is 5.89 Å². The van der Waals surface area contributed by atoms with Crippen LogP contribution in [-0.2, 0) is 12.8 Å². The molecular formula is C14H19N3O. The summed E-state index contributed by atoms with van der Waals surface area (Å²) in [6.45, 7) is 4.38. The SMILES string of the molecule is CC(C)CCc1noc(Cc2ccc(N)cc2)n1. The Balaban J connectivity index is 1.95. The summed E-state index contributed by atoms with van der Waals surface area (Å²) >= 11 is 0. The van der Waals surface area contributed by atoms with Crippen LogP contribution in [0.15, 0.2) is 28.8 Å². The van der Waals surface area contributed by atoms with Crippen LogP contribution in [0.25, 0.3) is 0 Å². The molecule has 96 valence electrons. The number of nitrogens with two attached hydrogens (primary N) is 1. The van der Waals surface area contributed by atoms with Gasteiger partial charge in [-0.25, -0.2) is 0 Å². The van der Waals surface area contributed by atoms with Crippen LogP contribution >= 0.6 is 0 Å². The summed E-state index contributed by atoms with van der Waals surface area (Å²) in [4.78, 5) is 4.39. The second-order valence-electron chi connectivity index (χ2n) is 4.96. The van der Waals surface area contributed by atoms with E-state index in [-0.39, 0.29) is 0 Å². The van der Waals surface area contributed by atoms with Crippen LogP contribution in [0.3, 0.4) is 0 Å². The number of hydrogen-bond donors (Lipinski definition) is 1. The molecule has 18 heavy (non-hydrogen) atoms. The first-order chi connectivity index (χ1) is 8.63. The Hall–Kier alpha value is -1.84. The quantitative estimate of drug-likeness (QED) is 0.823. The van der Waals surface area contributed by atoms with Crippen molar-refractivity contribution in [2.45, 2.75) is 33.1 Å². The average Bonchev–Trinajstić information content (AvgIpc) is 2.77. The van der Waals surface area contributed by atoms with Gasteiger partial charge >= 0.3 is 0 Å². The molecule has 0 spiro atoms. The van der Waals surface area contributed by atoms with Crippen LogP contribution < -0.4 is 5.73 Å². The fourth-order valence-electron chi connectivity index (χ4n) is 1.69. The molecule has 0 aliphatic carbocycles. The Morgan fingerprint density at radius 2 is 1.94 bits per heavy atom. The van der Waals surface area contributed by atoms with Crippen molar-refractivity contribution in [3.63, 3.8) is 0 Å². The highest BCUT2D eigenvalue weighted by atomic mass is 16.5. The maximum absolute atomic E-state index is 5.64. The van der Waals surface area contributed by atoms with Gasteiger partial charge in [-0.15, -0.1) is 0 Å². The molecule has 1 aromatic carbocycles. The molecule has 0 aliphatic rings. The number of nitrogen functional groups attached to an aromatic ring is 1. The van der Waals surface area contributed by atoms with Crippen molar-refractivity contribution in [1.82, 2.24) is 10.1 Å². The summed E-state index contributed by atoms with van der Waals surface area (Å²) in [5.41, 5.74) is 7.53. The average molecular weight is 245 g/mol. The third-order valence-corrected chi connectivity index (χ3v) is 2.79. The minimum absolute atomic E-state index is 0.657. The van der Waals surface area contributed by atoms with E-state index < -0.39 is 0 Å². The van der Waals surface area contributed by atoms with Crippen LogP contribution in [0.1, 0.15) is 37.5 Å². The van der Waals surface area contributed by atoms with Crippen LogP contribution in [0, 0.1) is 5.92 Å². The van der Waals surface area contributed by atoms with E-state index in [4.69, 9.17) is 10.3 Å². The lowest BCUT2D eigenvalue weighted by Gasteiger charge is -1.99. The molecular weight excluding hydrogens is 226 g/mol. The lowest BCUT2D eigenvalue weighted by atomic mass is 10.1. The van der Waals surface area contributed by atoms with Gasteiger partial charge in [-0.2, -0.15) is 4.98 Å². The van der Waals surface area contributed by atoms with E-state index in [9.17, 15) is 0 Å². The maximum Gasteiger partial charge on any atom is 0.231 e. The van der Waals surface area contributed by atoms with Crippen molar-refractivity contribution in [1.29, 1.82) is 0 Å². The molecule has 2 N–H and O–H groups in total. The highest BCUT2D eigenvalue weighted by molar-refractivity contribution is 5.39. The van der Waals surface area contributed by atoms with Crippen molar-refractivity contribution in [2.75, 3.05) is 5.73 Å². The van der Waals surface area contributed by atoms with E-state index in [0.717, 1.165) is 29.9 Å². The van der Waals surface area contributed by atoms with Crippen molar-refractivity contribution in [2.24, 2.45) is 5.92 Å². The summed E-state index contributed by atoms with van der Waals surface area (Å²) in [5, 5.41) is 3.99. The first-order valence-corrected chi connectivity index (χ1v) is 6.29. The van der Waals surface area contributed by atoms with Gasteiger partial charge in [-0.3, -0.25) is 0 Å². The molecule has 0 unspecified atom stereocenters. The van der Waals surface area contributed by atoms with E-state index in [1.54, 1.807) is 0 Å². The number of aryl methyl sites for hydroxylation is 1. The van der Waals surface area contributed by atoms with Crippen LogP contribution in [0.4, 0.5) is 5.69 Å². The molecule has 2 aromatic rings. The Kier molecular flexibility index (Phi) is 3.97. The highest BCUT2D eigenvalue weighted by Gasteiger charge is 2.07. The Morgan fingerprint density at radius 1 is 1.22 bits per heavy atom. The second-order valence-corrected chi connectivity index (χ2v) is 4.96. The van der Waals surface area contributed by atoms with E-state index in [0.29, 0.717) is 18.2 Å². The molecule has 0 radical (unpaired) electrons. The molecule has 4 nitrogen and oxygen atoms in total. The molecule has 0 aliphatic heterocycles. The fourth-order valence-corrected chi connectivity index (χ4v) is 1.69. The van der Waals surface area contributed by atoms with E-state index in [2.05, 4.69) is 24.0 Å². The third kappa shape index (κ3) is 3.58. The summed E-state index contributed by atoms with van der Waals surface area (Å²) < 4.78 is 5.24. The molecule has 0 saturated heterocycles. The van der Waals surface area contributed by atoms with Gasteiger partial charge in [0.15, 0.2) is 5.82 Å². The standard InChI is InChI=1S/C14H19N3O/c1-10(2)3-8-13-16-14(18-17-13)9-11-4-6-12(15)7-5-11/h4-7,10H,3,8-9,15H2,1-2H3. The van der Waals surface area contributed by atoms with Crippen LogP contribution in [0.2, 0.25) is 0 Å². The molecule has 1 heterocycles. The minimum Gasteiger partial charge on any atom is -0.399 e. The van der Waals surface area contributed by atoms with E-state index >= 15 is 0 Å². The molecule has 0 atom stereocenters. The molecule has 1 aromatic heterocycles. The zero-order chi connectivity index (χ0) is 13.0. The fraction of sp³-hybridized carbons (Fsp3) is 0.429. The minimum atomic E-state index is 0.657. The molecule has 0 fully saturated rings. The van der Waals surface area contributed by atoms with Crippen molar-refractivity contribution in [3.05, 3.63) is 41.5 Å². The molecule has 0 saturated carbocycles. The van der Waals surface area contributed by atoms with E-state index in [1.807, 2.05) is 24.3 Å². The Morgan fingerprint density at radius 3 is 2.61 bits per heavy atom. The summed E-state index contributed by atoms with van der Waals surface area (Å²) in [6, 6.07) is 7.72. The van der Waals surface area contributed by atoms with Gasteiger partial charge in [-0.1, -0.05) is 31.1 Å². The van der Waals surface area contributed by atoms with Crippen molar-refractivity contribution < 1.29 is 4.52 Å². The largest absolute Gasteiger partial charge is 0.399 e. The topological polar surface area (TPSA) is 64.9 Å². The van der Waals surface area contributed by atoms with Gasteiger partial charge in [-0.05, 0) is 30.0 Å². The lowest BCUT2D eigenvalue weighted by molar-refractivity contribution is 0.377. The van der Waals surface area contributed by atoms with Gasteiger partial charge in [0, 0.05) is 12.1 Å². The summed E-state index contributed by atoms with van der Waals surface area (Å²) in [7, 11) is 0. The molecule has 0 amide bonds. The van der Waals surface area contributed by atoms with Gasteiger partial charge < -0.3 is 10.3 Å². The monoisotopic (exact) mass is 245 g/mol. The molecule has 2 rings (SSSR count). The third-order valence-electron chi connectivity index (χ3n) is 2.79. The number of anilines is 1. The summed E-state index contributed by atoms with van der Waals surface area (Å²) in [6.07, 6.45) is 2.62. The van der Waals surface area contributed by atoms with Crippen LogP contribution in [-0.4, -0.2) is 10.1 Å². The van der Waals surface area contributed by atoms with Gasteiger partial charge in [0.25, 0.3) is 0 Å². The zero-order valence-corrected chi connectivity index (χ0v) is 10.9. The van der Waals surface area contributed by atoms with E-state index in [1.165, 1.54) is 0 Å². The molecule has 4 heteroatoms. The number of benzene rings is 1. The van der Waals surface area contributed by atoms with Gasteiger partial charge in [0.05, 0.1) is 6.42 Å². The first-order valence-electron chi connectivity index (χ1n) is 6.29. The Labute approximate surface area is 107 Å².